The summed E-state index contributed by atoms with van der Waals surface area (Å²) in [6.45, 7) is 1.24. The summed E-state index contributed by atoms with van der Waals surface area (Å²) in [7, 11) is -2.76. The molecule has 194 valence electrons. The number of hydrogen-bond acceptors (Lipinski definition) is 6. The van der Waals surface area contributed by atoms with Crippen LogP contribution in [0.15, 0.2) is 89.8 Å². The van der Waals surface area contributed by atoms with Crippen LogP contribution in [0.5, 0.6) is 0 Å². The van der Waals surface area contributed by atoms with Gasteiger partial charge in [0.25, 0.3) is 15.7 Å². The molecule has 0 aliphatic rings. The van der Waals surface area contributed by atoms with Crippen molar-refractivity contribution in [2.45, 2.75) is 30.8 Å². The van der Waals surface area contributed by atoms with Crippen molar-refractivity contribution < 1.29 is 22.9 Å². The fourth-order valence-electron chi connectivity index (χ4n) is 3.86. The van der Waals surface area contributed by atoms with E-state index in [1.807, 2.05) is 30.3 Å². The van der Waals surface area contributed by atoms with Gasteiger partial charge in [-0.25, -0.2) is 8.42 Å². The average molecular weight is 525 g/mol. The van der Waals surface area contributed by atoms with E-state index in [-0.39, 0.29) is 28.7 Å². The van der Waals surface area contributed by atoms with E-state index in [0.29, 0.717) is 6.42 Å². The number of rotatable bonds is 11. The number of nitro benzene ring substituents is 1. The Bertz CT molecular complexity index is 1330. The molecule has 0 aromatic heterocycles. The highest BCUT2D eigenvalue weighted by molar-refractivity contribution is 7.92. The van der Waals surface area contributed by atoms with Crippen LogP contribution < -0.4 is 9.62 Å². The molecule has 0 bridgehead atoms. The predicted molar refractivity (Wildman–Crippen MR) is 139 cm³/mol. The van der Waals surface area contributed by atoms with Gasteiger partial charge >= 0.3 is 0 Å². The van der Waals surface area contributed by atoms with Crippen LogP contribution >= 0.6 is 0 Å². The second-order valence-corrected chi connectivity index (χ2v) is 10.0. The number of nitro groups is 1. The summed E-state index contributed by atoms with van der Waals surface area (Å²) in [6.07, 6.45) is 0.307. The molecule has 0 unspecified atom stereocenters. The van der Waals surface area contributed by atoms with Crippen molar-refractivity contribution in [3.05, 3.63) is 101 Å². The molecular weight excluding hydrogens is 496 g/mol. The van der Waals surface area contributed by atoms with Crippen molar-refractivity contribution in [1.82, 2.24) is 10.2 Å². The third-order valence-corrected chi connectivity index (χ3v) is 7.57. The molecule has 0 fully saturated rings. The van der Waals surface area contributed by atoms with Crippen molar-refractivity contribution in [2.75, 3.05) is 17.9 Å². The first kappa shape index (κ1) is 27.3. The number of non-ortho nitro benzene ring substituents is 1. The van der Waals surface area contributed by atoms with E-state index in [0.717, 1.165) is 9.87 Å². The minimum Gasteiger partial charge on any atom is -0.357 e. The van der Waals surface area contributed by atoms with E-state index in [1.54, 1.807) is 25.1 Å². The van der Waals surface area contributed by atoms with Crippen LogP contribution in [0, 0.1) is 10.1 Å². The number of nitrogens with one attached hydrogen (secondary N) is 1. The Morgan fingerprint density at radius 3 is 2.03 bits per heavy atom. The van der Waals surface area contributed by atoms with E-state index >= 15 is 0 Å². The van der Waals surface area contributed by atoms with E-state index in [1.165, 1.54) is 48.3 Å². The Kier molecular flexibility index (Phi) is 8.96. The molecule has 2 amide bonds. The van der Waals surface area contributed by atoms with Crippen LogP contribution in [0.3, 0.4) is 0 Å². The van der Waals surface area contributed by atoms with Gasteiger partial charge in [0.15, 0.2) is 0 Å². The van der Waals surface area contributed by atoms with Crippen LogP contribution in [0.4, 0.5) is 11.4 Å². The minimum absolute atomic E-state index is 0.0471. The SMILES string of the molecule is CC[C@H](C(=O)NC)N(Cc1ccccc1)C(=O)CN(c1ccc([N+](=O)[O-])cc1)S(=O)(=O)c1ccccc1. The van der Waals surface area contributed by atoms with Crippen LogP contribution in [-0.2, 0) is 26.2 Å². The number of amides is 2. The van der Waals surface area contributed by atoms with E-state index < -0.39 is 33.4 Å². The maximum Gasteiger partial charge on any atom is 0.269 e. The fourth-order valence-corrected chi connectivity index (χ4v) is 5.29. The molecule has 1 N–H and O–H groups in total. The van der Waals surface area contributed by atoms with Crippen LogP contribution in [0.2, 0.25) is 0 Å². The molecule has 0 saturated carbocycles. The number of carbonyl (C=O) groups excluding carboxylic acids is 2. The summed E-state index contributed by atoms with van der Waals surface area (Å²) in [4.78, 5) is 38.2. The number of carbonyl (C=O) groups is 2. The number of benzene rings is 3. The normalized spacial score (nSPS) is 11.8. The lowest BCUT2D eigenvalue weighted by atomic mass is 10.1. The van der Waals surface area contributed by atoms with E-state index in [9.17, 15) is 28.1 Å². The van der Waals surface area contributed by atoms with Gasteiger partial charge in [0.2, 0.25) is 11.8 Å². The first-order valence-electron chi connectivity index (χ1n) is 11.6. The van der Waals surface area contributed by atoms with Crippen molar-refractivity contribution in [3.8, 4) is 0 Å². The first-order valence-corrected chi connectivity index (χ1v) is 13.0. The van der Waals surface area contributed by atoms with Crippen molar-refractivity contribution in [3.63, 3.8) is 0 Å². The molecule has 0 saturated heterocycles. The lowest BCUT2D eigenvalue weighted by Gasteiger charge is -2.33. The molecule has 0 aliphatic carbocycles. The van der Waals surface area contributed by atoms with Crippen molar-refractivity contribution >= 4 is 33.2 Å². The van der Waals surface area contributed by atoms with Crippen LogP contribution in [0.25, 0.3) is 0 Å². The highest BCUT2D eigenvalue weighted by Crippen LogP contribution is 2.26. The molecule has 3 rings (SSSR count). The zero-order valence-electron chi connectivity index (χ0n) is 20.5. The number of nitrogens with zero attached hydrogens (tertiary/aromatic N) is 3. The summed E-state index contributed by atoms with van der Waals surface area (Å²) in [5.74, 6) is -0.975. The van der Waals surface area contributed by atoms with Gasteiger partial charge in [0, 0.05) is 25.7 Å². The molecule has 3 aromatic rings. The smallest absolute Gasteiger partial charge is 0.269 e. The molecular formula is C26H28N4O6S. The Labute approximate surface area is 215 Å². The van der Waals surface area contributed by atoms with Crippen molar-refractivity contribution in [2.24, 2.45) is 0 Å². The summed E-state index contributed by atoms with van der Waals surface area (Å²) >= 11 is 0. The molecule has 37 heavy (non-hydrogen) atoms. The third kappa shape index (κ3) is 6.50. The zero-order valence-corrected chi connectivity index (χ0v) is 21.3. The molecule has 0 radical (unpaired) electrons. The highest BCUT2D eigenvalue weighted by atomic mass is 32.2. The standard InChI is InChI=1S/C26H28N4O6S/c1-3-24(26(32)27-2)28(18-20-10-6-4-7-11-20)25(31)19-29(21-14-16-22(17-15-21)30(33)34)37(35,36)23-12-8-5-9-13-23/h4-17,24H,3,18-19H2,1-2H3,(H,27,32)/t24-/m1/s1. The fraction of sp³-hybridized carbons (Fsp3) is 0.231. The summed E-state index contributed by atoms with van der Waals surface area (Å²) in [5, 5.41) is 13.7. The zero-order chi connectivity index (χ0) is 27.0. The maximum absolute atomic E-state index is 13.7. The average Bonchev–Trinajstić information content (AvgIpc) is 2.92. The van der Waals surface area contributed by atoms with Gasteiger partial charge in [0.1, 0.15) is 12.6 Å². The highest BCUT2D eigenvalue weighted by Gasteiger charge is 2.33. The molecule has 1 atom stereocenters. The molecule has 0 spiro atoms. The first-order chi connectivity index (χ1) is 17.7. The Morgan fingerprint density at radius 2 is 1.51 bits per heavy atom. The molecule has 0 heterocycles. The summed E-state index contributed by atoms with van der Waals surface area (Å²) in [6, 6.07) is 20.7. The third-order valence-electron chi connectivity index (χ3n) is 5.79. The number of likely N-dealkylation sites (N-methyl/N-ethyl adjacent to an activating group) is 1. The van der Waals surface area contributed by atoms with Gasteiger partial charge in [-0.3, -0.25) is 24.0 Å². The Morgan fingerprint density at radius 1 is 0.946 bits per heavy atom. The van der Waals surface area contributed by atoms with Crippen LogP contribution in [-0.4, -0.2) is 49.7 Å². The lowest BCUT2D eigenvalue weighted by molar-refractivity contribution is -0.384. The van der Waals surface area contributed by atoms with Crippen molar-refractivity contribution in [1.29, 1.82) is 0 Å². The largest absolute Gasteiger partial charge is 0.357 e. The van der Waals surface area contributed by atoms with Gasteiger partial charge in [0.05, 0.1) is 15.5 Å². The topological polar surface area (TPSA) is 130 Å². The summed E-state index contributed by atoms with van der Waals surface area (Å²) in [5.41, 5.74) is 0.630. The number of anilines is 1. The van der Waals surface area contributed by atoms with E-state index in [2.05, 4.69) is 5.32 Å². The summed E-state index contributed by atoms with van der Waals surface area (Å²) < 4.78 is 28.2. The minimum atomic E-state index is -4.23. The monoisotopic (exact) mass is 524 g/mol. The quantitative estimate of drug-likeness (QED) is 0.302. The second-order valence-electron chi connectivity index (χ2n) is 8.14. The van der Waals surface area contributed by atoms with Gasteiger partial charge in [-0.2, -0.15) is 0 Å². The Balaban J connectivity index is 2.05. The number of sulfonamides is 1. The van der Waals surface area contributed by atoms with Crippen LogP contribution in [0.1, 0.15) is 18.9 Å². The lowest BCUT2D eigenvalue weighted by Crippen LogP contribution is -2.51. The van der Waals surface area contributed by atoms with Gasteiger partial charge in [-0.15, -0.1) is 0 Å². The second kappa shape index (κ2) is 12.1. The Hall–Kier alpha value is -4.25. The number of hydrogen-bond donors (Lipinski definition) is 1. The molecule has 0 aliphatic heterocycles. The molecule has 3 aromatic carbocycles. The van der Waals surface area contributed by atoms with Gasteiger partial charge < -0.3 is 10.2 Å². The van der Waals surface area contributed by atoms with E-state index in [4.69, 9.17) is 0 Å². The predicted octanol–water partition coefficient (Wildman–Crippen LogP) is 3.34. The van der Waals surface area contributed by atoms with Gasteiger partial charge in [-0.05, 0) is 36.2 Å². The maximum atomic E-state index is 13.7. The van der Waals surface area contributed by atoms with Gasteiger partial charge in [-0.1, -0.05) is 55.5 Å². The molecule has 10 nitrogen and oxygen atoms in total. The molecule has 11 heteroatoms.